The molecule has 0 saturated carbocycles. The standard InChI is InChI=1S/C20H32BrNO2Si3/c1-19(2,3)27(8,9)22-13-16(21)15-11-10-14(12-17(15)22)20(4,5)18(23-25-6)24-26-7/h10-13,18H,1-9H3. The Morgan fingerprint density at radius 1 is 1.04 bits per heavy atom. The third-order valence-electron chi connectivity index (χ3n) is 5.98. The number of nitrogens with zero attached hydrogens (tertiary/aromatic N) is 1. The molecule has 0 aliphatic carbocycles. The van der Waals surface area contributed by atoms with Gasteiger partial charge in [-0.3, -0.25) is 0 Å². The molecule has 3 nitrogen and oxygen atoms in total. The minimum Gasteiger partial charge on any atom is -0.393 e. The zero-order valence-corrected chi connectivity index (χ0v) is 22.6. The van der Waals surface area contributed by atoms with Crippen LogP contribution in [0.4, 0.5) is 0 Å². The second-order valence-electron chi connectivity index (χ2n) is 9.09. The monoisotopic (exact) mass is 481 g/mol. The summed E-state index contributed by atoms with van der Waals surface area (Å²) in [6, 6.07) is 6.80. The van der Waals surface area contributed by atoms with Gasteiger partial charge in [-0.1, -0.05) is 59.8 Å². The first-order valence-electron chi connectivity index (χ1n) is 9.34. The Morgan fingerprint density at radius 2 is 1.59 bits per heavy atom. The number of halogens is 1. The molecular weight excluding hydrogens is 450 g/mol. The molecule has 148 valence electrons. The van der Waals surface area contributed by atoms with Gasteiger partial charge in [0.1, 0.15) is 6.29 Å². The molecule has 0 bridgehead atoms. The minimum absolute atomic E-state index is 0.227. The second kappa shape index (κ2) is 8.28. The SMILES string of the molecule is C[Si]OC(O[Si]C)C(C)(C)c1ccc2c(Br)cn([Si](C)(C)C(C)(C)C)c2c1. The number of benzene rings is 1. The fraction of sp³-hybridized carbons (Fsp3) is 0.600. The first-order chi connectivity index (χ1) is 12.4. The van der Waals surface area contributed by atoms with Gasteiger partial charge in [0, 0.05) is 27.0 Å². The maximum absolute atomic E-state index is 5.98. The molecular formula is C20H32BrNO2Si3. The Kier molecular flexibility index (Phi) is 7.08. The Balaban J connectivity index is 2.64. The summed E-state index contributed by atoms with van der Waals surface area (Å²) in [5.41, 5.74) is 2.33. The summed E-state index contributed by atoms with van der Waals surface area (Å²) in [7, 11) is -0.925. The highest BCUT2D eigenvalue weighted by atomic mass is 79.9. The lowest BCUT2D eigenvalue weighted by Gasteiger charge is -2.39. The first-order valence-corrected chi connectivity index (χ1v) is 15.9. The molecule has 0 aliphatic heterocycles. The summed E-state index contributed by atoms with van der Waals surface area (Å²) in [5.74, 6) is 0. The highest BCUT2D eigenvalue weighted by Gasteiger charge is 2.39. The third kappa shape index (κ3) is 4.38. The van der Waals surface area contributed by atoms with E-state index in [2.05, 4.69) is 92.3 Å². The van der Waals surface area contributed by atoms with Crippen molar-refractivity contribution >= 4 is 54.6 Å². The maximum Gasteiger partial charge on any atom is 0.229 e. The van der Waals surface area contributed by atoms with Crippen LogP contribution in [0.2, 0.25) is 31.2 Å². The molecule has 0 fully saturated rings. The molecule has 4 radical (unpaired) electrons. The molecule has 0 N–H and O–H groups in total. The summed E-state index contributed by atoms with van der Waals surface area (Å²) in [5, 5.41) is 1.53. The molecule has 1 aromatic carbocycles. The molecule has 27 heavy (non-hydrogen) atoms. The van der Waals surface area contributed by atoms with Crippen molar-refractivity contribution in [3.05, 3.63) is 34.4 Å². The average Bonchev–Trinajstić information content (AvgIpc) is 2.90. The van der Waals surface area contributed by atoms with Crippen LogP contribution in [0.15, 0.2) is 28.9 Å². The lowest BCUT2D eigenvalue weighted by molar-refractivity contribution is -0.0432. The maximum atomic E-state index is 5.98. The molecule has 1 heterocycles. The fourth-order valence-corrected chi connectivity index (χ4v) is 6.98. The molecule has 2 aromatic rings. The van der Waals surface area contributed by atoms with Gasteiger partial charge in [0.15, 0.2) is 8.24 Å². The average molecular weight is 483 g/mol. The van der Waals surface area contributed by atoms with Crippen molar-refractivity contribution in [1.82, 2.24) is 4.23 Å². The van der Waals surface area contributed by atoms with Gasteiger partial charge in [0.05, 0.1) is 0 Å². The highest BCUT2D eigenvalue weighted by Crippen LogP contribution is 2.42. The van der Waals surface area contributed by atoms with Crippen LogP contribution in [-0.2, 0) is 14.3 Å². The largest absolute Gasteiger partial charge is 0.393 e. The summed E-state index contributed by atoms with van der Waals surface area (Å²) in [6.45, 7) is 20.5. The third-order valence-corrected chi connectivity index (χ3v) is 12.8. The first kappa shape index (κ1) is 23.1. The van der Waals surface area contributed by atoms with Crippen LogP contribution >= 0.6 is 15.9 Å². The van der Waals surface area contributed by atoms with Gasteiger partial charge < -0.3 is 13.1 Å². The number of hydrogen-bond acceptors (Lipinski definition) is 2. The van der Waals surface area contributed by atoms with Crippen molar-refractivity contribution in [3.8, 4) is 0 Å². The van der Waals surface area contributed by atoms with Gasteiger partial charge in [0.2, 0.25) is 19.5 Å². The molecule has 0 saturated heterocycles. The molecule has 0 aliphatic rings. The Morgan fingerprint density at radius 3 is 2.07 bits per heavy atom. The van der Waals surface area contributed by atoms with Gasteiger partial charge in [-0.05, 0) is 45.7 Å². The predicted octanol–water partition coefficient (Wildman–Crippen LogP) is 6.23. The van der Waals surface area contributed by atoms with Crippen molar-refractivity contribution in [2.45, 2.75) is 77.6 Å². The van der Waals surface area contributed by atoms with Crippen LogP contribution in [0.25, 0.3) is 10.9 Å². The number of rotatable bonds is 7. The van der Waals surface area contributed by atoms with Gasteiger partial charge in [-0.15, -0.1) is 0 Å². The quantitative estimate of drug-likeness (QED) is 0.345. The van der Waals surface area contributed by atoms with Gasteiger partial charge >= 0.3 is 0 Å². The van der Waals surface area contributed by atoms with E-state index in [1.165, 1.54) is 20.9 Å². The van der Waals surface area contributed by atoms with E-state index < -0.39 is 8.24 Å². The number of hydrogen-bond donors (Lipinski definition) is 0. The van der Waals surface area contributed by atoms with Crippen molar-refractivity contribution in [3.63, 3.8) is 0 Å². The summed E-state index contributed by atoms with van der Waals surface area (Å²) in [4.78, 5) is 0. The number of fused-ring (bicyclic) bond motifs is 1. The van der Waals surface area contributed by atoms with Crippen LogP contribution in [0.5, 0.6) is 0 Å². The highest BCUT2D eigenvalue weighted by molar-refractivity contribution is 9.10. The van der Waals surface area contributed by atoms with Crippen LogP contribution in [0.1, 0.15) is 40.2 Å². The molecule has 1 aromatic heterocycles. The van der Waals surface area contributed by atoms with Crippen molar-refractivity contribution in [1.29, 1.82) is 0 Å². The van der Waals surface area contributed by atoms with Crippen LogP contribution in [-0.4, -0.2) is 38.3 Å². The zero-order chi connectivity index (χ0) is 20.6. The van der Waals surface area contributed by atoms with E-state index in [9.17, 15) is 0 Å². The lowest BCUT2D eigenvalue weighted by atomic mass is 9.83. The molecule has 0 spiro atoms. The van der Waals surface area contributed by atoms with E-state index in [4.69, 9.17) is 8.85 Å². The molecule has 2 rings (SSSR count). The summed E-state index contributed by atoms with van der Waals surface area (Å²) < 4.78 is 15.7. The Hall–Kier alpha value is -0.189. The molecule has 0 amide bonds. The van der Waals surface area contributed by atoms with Crippen molar-refractivity contribution < 1.29 is 8.85 Å². The van der Waals surface area contributed by atoms with Crippen LogP contribution in [0, 0.1) is 0 Å². The fourth-order valence-electron chi connectivity index (χ4n) is 3.08. The van der Waals surface area contributed by atoms with E-state index in [0.29, 0.717) is 19.5 Å². The summed E-state index contributed by atoms with van der Waals surface area (Å²) in [6.07, 6.45) is 2.05. The lowest BCUT2D eigenvalue weighted by Crippen LogP contribution is -2.45. The molecule has 7 heteroatoms. The van der Waals surface area contributed by atoms with E-state index in [0.717, 1.165) is 0 Å². The summed E-state index contributed by atoms with van der Waals surface area (Å²) >= 11 is 3.78. The second-order valence-corrected chi connectivity index (χ2v) is 16.3. The van der Waals surface area contributed by atoms with E-state index in [1.807, 2.05) is 13.1 Å². The van der Waals surface area contributed by atoms with E-state index in [-0.39, 0.29) is 16.7 Å². The minimum atomic E-state index is -1.74. The normalized spacial score (nSPS) is 13.7. The Labute approximate surface area is 179 Å². The Bertz CT molecular complexity index is 790. The van der Waals surface area contributed by atoms with Crippen LogP contribution < -0.4 is 0 Å². The van der Waals surface area contributed by atoms with E-state index in [1.54, 1.807) is 0 Å². The topological polar surface area (TPSA) is 23.4 Å². The zero-order valence-electron chi connectivity index (χ0n) is 18.0. The molecule has 0 unspecified atom stereocenters. The van der Waals surface area contributed by atoms with E-state index >= 15 is 0 Å². The molecule has 0 atom stereocenters. The van der Waals surface area contributed by atoms with Gasteiger partial charge in [0.25, 0.3) is 0 Å². The van der Waals surface area contributed by atoms with Crippen molar-refractivity contribution in [2.24, 2.45) is 0 Å². The van der Waals surface area contributed by atoms with Gasteiger partial charge in [-0.2, -0.15) is 0 Å². The number of aromatic nitrogens is 1. The van der Waals surface area contributed by atoms with Gasteiger partial charge in [-0.25, -0.2) is 0 Å². The smallest absolute Gasteiger partial charge is 0.229 e. The predicted molar refractivity (Wildman–Crippen MR) is 124 cm³/mol. The van der Waals surface area contributed by atoms with Crippen LogP contribution in [0.3, 0.4) is 0 Å². The van der Waals surface area contributed by atoms with Crippen molar-refractivity contribution in [2.75, 3.05) is 0 Å².